The van der Waals surface area contributed by atoms with Gasteiger partial charge in [-0.15, -0.1) is 0 Å². The minimum absolute atomic E-state index is 0.0357. The standard InChI is InChI=1S/C21H28N4O2/c26-19(24-8-15-16(9-24)18-2-1-17(15)27-18)20-4-13-3-14(5-20)7-21(6-13,10-20)25-12-22-11-23-25/h11-18H,1-10H2/t13-,14-,15-,16+,17+,18-,20?,21?/m0/s1. The first-order chi connectivity index (χ1) is 13.1. The predicted molar refractivity (Wildman–Crippen MR) is 96.6 cm³/mol. The number of likely N-dealkylation sites (tertiary alicyclic amines) is 1. The molecule has 144 valence electrons. The summed E-state index contributed by atoms with van der Waals surface area (Å²) in [6, 6.07) is 0. The number of hydrogen-bond donors (Lipinski definition) is 0. The summed E-state index contributed by atoms with van der Waals surface area (Å²) in [7, 11) is 0. The minimum Gasteiger partial charge on any atom is -0.374 e. The number of ether oxygens (including phenoxy) is 1. The van der Waals surface area contributed by atoms with Gasteiger partial charge in [0, 0.05) is 24.9 Å². The molecule has 8 rings (SSSR count). The lowest BCUT2D eigenvalue weighted by Crippen LogP contribution is -2.61. The zero-order valence-corrected chi connectivity index (χ0v) is 15.8. The molecule has 27 heavy (non-hydrogen) atoms. The van der Waals surface area contributed by atoms with Gasteiger partial charge in [0.25, 0.3) is 0 Å². The summed E-state index contributed by atoms with van der Waals surface area (Å²) < 4.78 is 8.24. The highest BCUT2D eigenvalue weighted by Crippen LogP contribution is 2.65. The smallest absolute Gasteiger partial charge is 0.228 e. The molecule has 1 aromatic rings. The Hall–Kier alpha value is -1.43. The van der Waals surface area contributed by atoms with Crippen molar-refractivity contribution >= 4 is 5.91 Å². The number of nitrogens with zero attached hydrogens (tertiary/aromatic N) is 4. The Balaban J connectivity index is 1.21. The molecule has 6 atom stereocenters. The van der Waals surface area contributed by atoms with Crippen molar-refractivity contribution in [3.8, 4) is 0 Å². The van der Waals surface area contributed by atoms with Crippen LogP contribution in [0, 0.1) is 29.1 Å². The van der Waals surface area contributed by atoms with Crippen molar-refractivity contribution in [2.24, 2.45) is 29.1 Å². The van der Waals surface area contributed by atoms with E-state index in [1.807, 2.05) is 6.33 Å². The van der Waals surface area contributed by atoms with Crippen LogP contribution < -0.4 is 0 Å². The zero-order chi connectivity index (χ0) is 17.8. The Morgan fingerprint density at radius 3 is 2.37 bits per heavy atom. The Bertz CT molecular complexity index is 760. The van der Waals surface area contributed by atoms with Crippen molar-refractivity contribution < 1.29 is 9.53 Å². The van der Waals surface area contributed by atoms with E-state index in [1.165, 1.54) is 32.1 Å². The summed E-state index contributed by atoms with van der Waals surface area (Å²) >= 11 is 0. The summed E-state index contributed by atoms with van der Waals surface area (Å²) in [6.07, 6.45) is 13.7. The first-order valence-corrected chi connectivity index (χ1v) is 10.9. The van der Waals surface area contributed by atoms with E-state index in [0.29, 0.717) is 41.8 Å². The normalized spacial score (nSPS) is 51.9. The topological polar surface area (TPSA) is 60.2 Å². The van der Waals surface area contributed by atoms with Crippen molar-refractivity contribution in [3.63, 3.8) is 0 Å². The van der Waals surface area contributed by atoms with E-state index in [0.717, 1.165) is 32.4 Å². The largest absolute Gasteiger partial charge is 0.374 e. The second kappa shape index (κ2) is 4.94. The van der Waals surface area contributed by atoms with Gasteiger partial charge in [0.1, 0.15) is 12.7 Å². The predicted octanol–water partition coefficient (Wildman–Crippen LogP) is 2.21. The molecule has 3 aliphatic heterocycles. The van der Waals surface area contributed by atoms with Crippen LogP contribution in [0.25, 0.3) is 0 Å². The quantitative estimate of drug-likeness (QED) is 0.803. The van der Waals surface area contributed by atoms with Crippen molar-refractivity contribution in [1.29, 1.82) is 0 Å². The highest BCUT2D eigenvalue weighted by molar-refractivity contribution is 5.84. The molecule has 1 aromatic heterocycles. The van der Waals surface area contributed by atoms with E-state index in [9.17, 15) is 4.79 Å². The molecule has 0 radical (unpaired) electrons. The maximum absolute atomic E-state index is 13.9. The van der Waals surface area contributed by atoms with Crippen LogP contribution in [0.4, 0.5) is 0 Å². The van der Waals surface area contributed by atoms with Crippen LogP contribution in [0.15, 0.2) is 12.7 Å². The van der Waals surface area contributed by atoms with E-state index in [-0.39, 0.29) is 11.0 Å². The molecule has 1 amide bonds. The van der Waals surface area contributed by atoms with Gasteiger partial charge in [-0.25, -0.2) is 9.67 Å². The fourth-order valence-electron chi connectivity index (χ4n) is 8.65. The third-order valence-corrected chi connectivity index (χ3v) is 9.13. The average Bonchev–Trinajstić information content (AvgIpc) is 3.42. The molecule has 4 aliphatic carbocycles. The van der Waals surface area contributed by atoms with E-state index >= 15 is 0 Å². The Kier molecular flexibility index (Phi) is 2.83. The number of rotatable bonds is 2. The van der Waals surface area contributed by atoms with Crippen LogP contribution in [-0.4, -0.2) is 50.9 Å². The molecule has 4 saturated carbocycles. The minimum atomic E-state index is -0.144. The number of aromatic nitrogens is 3. The molecule has 6 bridgehead atoms. The molecule has 0 N–H and O–H groups in total. The highest BCUT2D eigenvalue weighted by atomic mass is 16.5. The van der Waals surface area contributed by atoms with E-state index in [4.69, 9.17) is 4.74 Å². The molecule has 0 spiro atoms. The Morgan fingerprint density at radius 2 is 1.74 bits per heavy atom. The summed E-state index contributed by atoms with van der Waals surface area (Å²) in [5, 5.41) is 4.53. The monoisotopic (exact) mass is 368 g/mol. The van der Waals surface area contributed by atoms with Crippen molar-refractivity contribution in [3.05, 3.63) is 12.7 Å². The van der Waals surface area contributed by atoms with Gasteiger partial charge in [0.15, 0.2) is 0 Å². The SMILES string of the molecule is O=C(N1C[C@@H]2[C@H](C1)[C@H]1CC[C@@H]2O1)C12C[C@@H]3C[C@@H](C1)CC(n1cncn1)(C3)C2. The first-order valence-electron chi connectivity index (χ1n) is 10.9. The lowest BCUT2D eigenvalue weighted by Gasteiger charge is -2.61. The number of hydrogen-bond acceptors (Lipinski definition) is 4. The number of carbonyl (C=O) groups excluding carboxylic acids is 1. The van der Waals surface area contributed by atoms with Gasteiger partial charge in [-0.2, -0.15) is 5.10 Å². The summed E-state index contributed by atoms with van der Waals surface area (Å²) in [6.45, 7) is 1.89. The Labute approximate surface area is 159 Å². The molecule has 7 aliphatic rings. The number of carbonyl (C=O) groups is 1. The second-order valence-corrected chi connectivity index (χ2v) is 10.6. The van der Waals surface area contributed by atoms with Crippen LogP contribution >= 0.6 is 0 Å². The fraction of sp³-hybridized carbons (Fsp3) is 0.857. The van der Waals surface area contributed by atoms with Gasteiger partial charge in [0.2, 0.25) is 5.91 Å². The average molecular weight is 368 g/mol. The van der Waals surface area contributed by atoms with Crippen LogP contribution in [-0.2, 0) is 15.1 Å². The molecule has 6 nitrogen and oxygen atoms in total. The van der Waals surface area contributed by atoms with E-state index < -0.39 is 0 Å². The van der Waals surface area contributed by atoms with Gasteiger partial charge in [0.05, 0.1) is 23.2 Å². The summed E-state index contributed by atoms with van der Waals surface area (Å²) in [5.41, 5.74) is -0.109. The highest BCUT2D eigenvalue weighted by Gasteiger charge is 2.63. The maximum atomic E-state index is 13.9. The molecule has 6 heteroatoms. The molecule has 0 unspecified atom stereocenters. The maximum Gasteiger partial charge on any atom is 0.228 e. The number of amides is 1. The van der Waals surface area contributed by atoms with Gasteiger partial charge in [-0.05, 0) is 63.2 Å². The molecule has 0 aromatic carbocycles. The molecule has 7 fully saturated rings. The summed E-state index contributed by atoms with van der Waals surface area (Å²) in [5.74, 6) is 3.04. The molecular formula is C21H28N4O2. The van der Waals surface area contributed by atoms with Gasteiger partial charge >= 0.3 is 0 Å². The van der Waals surface area contributed by atoms with Crippen LogP contribution in [0.2, 0.25) is 0 Å². The van der Waals surface area contributed by atoms with Crippen LogP contribution in [0.1, 0.15) is 51.4 Å². The lowest BCUT2D eigenvalue weighted by molar-refractivity contribution is -0.166. The molecule has 4 heterocycles. The first kappa shape index (κ1) is 15.5. The molecular weight excluding hydrogens is 340 g/mol. The third kappa shape index (κ3) is 1.93. The lowest BCUT2D eigenvalue weighted by atomic mass is 9.46. The Morgan fingerprint density at radius 1 is 1.04 bits per heavy atom. The van der Waals surface area contributed by atoms with Gasteiger partial charge in [-0.3, -0.25) is 4.79 Å². The van der Waals surface area contributed by atoms with Gasteiger partial charge in [-0.1, -0.05) is 0 Å². The van der Waals surface area contributed by atoms with Crippen LogP contribution in [0.3, 0.4) is 0 Å². The fourth-order valence-corrected chi connectivity index (χ4v) is 8.65. The van der Waals surface area contributed by atoms with Crippen molar-refractivity contribution in [2.45, 2.75) is 69.1 Å². The third-order valence-electron chi connectivity index (χ3n) is 9.13. The van der Waals surface area contributed by atoms with Crippen molar-refractivity contribution in [2.75, 3.05) is 13.1 Å². The van der Waals surface area contributed by atoms with E-state index in [2.05, 4.69) is 19.7 Å². The second-order valence-electron chi connectivity index (χ2n) is 10.6. The van der Waals surface area contributed by atoms with Crippen LogP contribution in [0.5, 0.6) is 0 Å². The van der Waals surface area contributed by atoms with Gasteiger partial charge < -0.3 is 9.64 Å². The number of fused-ring (bicyclic) bond motifs is 5. The van der Waals surface area contributed by atoms with Crippen molar-refractivity contribution in [1.82, 2.24) is 19.7 Å². The summed E-state index contributed by atoms with van der Waals surface area (Å²) in [4.78, 5) is 20.4. The van der Waals surface area contributed by atoms with E-state index in [1.54, 1.807) is 6.33 Å². The zero-order valence-electron chi connectivity index (χ0n) is 15.8. The molecule has 3 saturated heterocycles.